The Morgan fingerprint density at radius 2 is 1.08 bits per heavy atom. The van der Waals surface area contributed by atoms with Crippen LogP contribution < -0.4 is 10.6 Å². The lowest BCUT2D eigenvalue weighted by Gasteiger charge is -2.05. The lowest BCUT2D eigenvalue weighted by Crippen LogP contribution is -2.35. The first-order valence-corrected chi connectivity index (χ1v) is 7.57. The molecule has 0 fully saturated rings. The van der Waals surface area contributed by atoms with Crippen molar-refractivity contribution in [1.29, 1.82) is 0 Å². The molecule has 0 aliphatic carbocycles. The first-order valence-electron chi connectivity index (χ1n) is 7.57. The molecule has 4 N–H and O–H groups in total. The third-order valence-electron chi connectivity index (χ3n) is 3.37. The van der Waals surface area contributed by atoms with E-state index >= 15 is 0 Å². The first-order chi connectivity index (χ1) is 12.5. The summed E-state index contributed by atoms with van der Waals surface area (Å²) in [7, 11) is 2.48. The SMILES string of the molecule is COC(=O)c1ccc(C(=O)NCCNC(=O)c2ccc(C(=O)OC)[nH]2)[nH]1. The molecule has 10 heteroatoms. The molecule has 0 spiro atoms. The third kappa shape index (κ3) is 4.50. The Morgan fingerprint density at radius 1 is 0.731 bits per heavy atom. The average molecular weight is 362 g/mol. The second-order valence-corrected chi connectivity index (χ2v) is 5.07. The summed E-state index contributed by atoms with van der Waals surface area (Å²) in [6.07, 6.45) is 0. The van der Waals surface area contributed by atoms with Crippen molar-refractivity contribution in [1.82, 2.24) is 20.6 Å². The van der Waals surface area contributed by atoms with E-state index in [0.29, 0.717) is 0 Å². The lowest BCUT2D eigenvalue weighted by atomic mass is 10.4. The molecule has 26 heavy (non-hydrogen) atoms. The van der Waals surface area contributed by atoms with Gasteiger partial charge in [0.15, 0.2) is 0 Å². The zero-order valence-corrected chi connectivity index (χ0v) is 14.2. The van der Waals surface area contributed by atoms with Crippen molar-refractivity contribution < 1.29 is 28.7 Å². The zero-order valence-electron chi connectivity index (χ0n) is 14.2. The number of methoxy groups -OCH3 is 2. The van der Waals surface area contributed by atoms with Crippen LogP contribution >= 0.6 is 0 Å². The second-order valence-electron chi connectivity index (χ2n) is 5.07. The number of carbonyl (C=O) groups excluding carboxylic acids is 4. The van der Waals surface area contributed by atoms with Gasteiger partial charge in [0.25, 0.3) is 11.8 Å². The van der Waals surface area contributed by atoms with Gasteiger partial charge in [-0.05, 0) is 24.3 Å². The normalized spacial score (nSPS) is 10.1. The molecule has 0 bridgehead atoms. The molecule has 0 unspecified atom stereocenters. The van der Waals surface area contributed by atoms with E-state index in [1.807, 2.05) is 0 Å². The summed E-state index contributed by atoms with van der Waals surface area (Å²) in [6.45, 7) is 0.337. The maximum absolute atomic E-state index is 11.9. The Balaban J connectivity index is 1.77. The van der Waals surface area contributed by atoms with E-state index in [9.17, 15) is 19.2 Å². The lowest BCUT2D eigenvalue weighted by molar-refractivity contribution is 0.0585. The Kier molecular flexibility index (Phi) is 6.15. The van der Waals surface area contributed by atoms with Crippen molar-refractivity contribution in [2.75, 3.05) is 27.3 Å². The second kappa shape index (κ2) is 8.51. The van der Waals surface area contributed by atoms with Crippen LogP contribution in [0.4, 0.5) is 0 Å². The number of hydrogen-bond donors (Lipinski definition) is 4. The highest BCUT2D eigenvalue weighted by Gasteiger charge is 2.14. The number of nitrogens with one attached hydrogen (secondary N) is 4. The van der Waals surface area contributed by atoms with Gasteiger partial charge in [0.05, 0.1) is 14.2 Å². The summed E-state index contributed by atoms with van der Waals surface area (Å²) in [6, 6.07) is 5.78. The Morgan fingerprint density at radius 3 is 1.42 bits per heavy atom. The van der Waals surface area contributed by atoms with Crippen LogP contribution in [-0.4, -0.2) is 61.0 Å². The summed E-state index contributed by atoms with van der Waals surface area (Å²) < 4.78 is 9.08. The number of amides is 2. The van der Waals surface area contributed by atoms with E-state index in [0.717, 1.165) is 0 Å². The summed E-state index contributed by atoms with van der Waals surface area (Å²) in [4.78, 5) is 51.8. The van der Waals surface area contributed by atoms with Gasteiger partial charge in [-0.1, -0.05) is 0 Å². The molecule has 0 radical (unpaired) electrons. The van der Waals surface area contributed by atoms with Gasteiger partial charge in [-0.2, -0.15) is 0 Å². The predicted molar refractivity (Wildman–Crippen MR) is 88.9 cm³/mol. The van der Waals surface area contributed by atoms with E-state index in [-0.39, 0.29) is 35.9 Å². The quantitative estimate of drug-likeness (QED) is 0.406. The van der Waals surface area contributed by atoms with Crippen molar-refractivity contribution in [3.8, 4) is 0 Å². The van der Waals surface area contributed by atoms with Crippen LogP contribution in [-0.2, 0) is 9.47 Å². The van der Waals surface area contributed by atoms with Crippen molar-refractivity contribution in [3.05, 3.63) is 47.0 Å². The molecule has 0 aliphatic rings. The highest BCUT2D eigenvalue weighted by molar-refractivity contribution is 5.96. The van der Waals surface area contributed by atoms with Gasteiger partial charge < -0.3 is 30.1 Å². The highest BCUT2D eigenvalue weighted by atomic mass is 16.5. The van der Waals surface area contributed by atoms with Crippen LogP contribution in [0.3, 0.4) is 0 Å². The largest absolute Gasteiger partial charge is 0.464 e. The number of esters is 2. The van der Waals surface area contributed by atoms with Crippen LogP contribution in [0.15, 0.2) is 24.3 Å². The number of ether oxygens (including phenoxy) is 2. The topological polar surface area (TPSA) is 142 Å². The smallest absolute Gasteiger partial charge is 0.354 e. The molecule has 0 saturated heterocycles. The summed E-state index contributed by atoms with van der Waals surface area (Å²) in [5.74, 6) is -2.01. The van der Waals surface area contributed by atoms with Gasteiger partial charge in [-0.3, -0.25) is 9.59 Å². The van der Waals surface area contributed by atoms with Crippen molar-refractivity contribution in [2.45, 2.75) is 0 Å². The Hall–Kier alpha value is -3.56. The minimum atomic E-state index is -0.575. The van der Waals surface area contributed by atoms with Gasteiger partial charge in [0.1, 0.15) is 22.8 Å². The predicted octanol–water partition coefficient (Wildman–Crippen LogP) is 0.0758. The molecule has 0 saturated carbocycles. The monoisotopic (exact) mass is 362 g/mol. The maximum atomic E-state index is 11.9. The van der Waals surface area contributed by atoms with Crippen LogP contribution in [0.1, 0.15) is 42.0 Å². The minimum absolute atomic E-state index is 0.166. The number of hydrogen-bond acceptors (Lipinski definition) is 6. The van der Waals surface area contributed by atoms with Crippen LogP contribution in [0.25, 0.3) is 0 Å². The van der Waals surface area contributed by atoms with E-state index in [4.69, 9.17) is 0 Å². The van der Waals surface area contributed by atoms with Crippen LogP contribution in [0.2, 0.25) is 0 Å². The summed E-state index contributed by atoms with van der Waals surface area (Å²) >= 11 is 0. The first kappa shape index (κ1) is 18.8. The van der Waals surface area contributed by atoms with Crippen molar-refractivity contribution in [2.24, 2.45) is 0 Å². The fourth-order valence-electron chi connectivity index (χ4n) is 2.06. The molecule has 2 aromatic heterocycles. The molecule has 2 aromatic rings. The molecule has 2 rings (SSSR count). The van der Waals surface area contributed by atoms with Crippen molar-refractivity contribution >= 4 is 23.8 Å². The highest BCUT2D eigenvalue weighted by Crippen LogP contribution is 2.04. The van der Waals surface area contributed by atoms with E-state index in [2.05, 4.69) is 30.1 Å². The van der Waals surface area contributed by atoms with Crippen molar-refractivity contribution in [3.63, 3.8) is 0 Å². The number of aromatic nitrogens is 2. The Bertz CT molecular complexity index is 754. The fraction of sp³-hybridized carbons (Fsp3) is 0.250. The number of rotatable bonds is 7. The van der Waals surface area contributed by atoms with Gasteiger partial charge in [-0.15, -0.1) is 0 Å². The van der Waals surface area contributed by atoms with E-state index in [1.54, 1.807) is 0 Å². The number of aromatic amines is 2. The average Bonchev–Trinajstić information content (AvgIpc) is 3.33. The van der Waals surface area contributed by atoms with Gasteiger partial charge >= 0.3 is 11.9 Å². The maximum Gasteiger partial charge on any atom is 0.354 e. The summed E-state index contributed by atoms with van der Waals surface area (Å²) in [5, 5.41) is 5.17. The molecular weight excluding hydrogens is 344 g/mol. The molecule has 2 heterocycles. The molecule has 2 amide bonds. The molecule has 138 valence electrons. The third-order valence-corrected chi connectivity index (χ3v) is 3.37. The standard InChI is InChI=1S/C16H18N4O6/c1-25-15(23)11-5-3-9(19-11)13(21)17-7-8-18-14(22)10-4-6-12(20-10)16(24)26-2/h3-6,19-20H,7-8H2,1-2H3,(H,17,21)(H,18,22). The van der Waals surface area contributed by atoms with Gasteiger partial charge in [0, 0.05) is 13.1 Å². The van der Waals surface area contributed by atoms with Gasteiger partial charge in [-0.25, -0.2) is 9.59 Å². The Labute approximate surface area is 148 Å². The van der Waals surface area contributed by atoms with E-state index < -0.39 is 23.8 Å². The minimum Gasteiger partial charge on any atom is -0.464 e. The van der Waals surface area contributed by atoms with Gasteiger partial charge in [0.2, 0.25) is 0 Å². The van der Waals surface area contributed by atoms with Crippen LogP contribution in [0, 0.1) is 0 Å². The van der Waals surface area contributed by atoms with Crippen LogP contribution in [0.5, 0.6) is 0 Å². The fourth-order valence-corrected chi connectivity index (χ4v) is 2.06. The molecule has 0 atom stereocenters. The number of carbonyl (C=O) groups is 4. The molecule has 10 nitrogen and oxygen atoms in total. The summed E-state index contributed by atoms with van der Waals surface area (Å²) in [5.41, 5.74) is 0.728. The van der Waals surface area contributed by atoms with E-state index in [1.165, 1.54) is 38.5 Å². The molecule has 0 aromatic carbocycles. The molecular formula is C16H18N4O6. The number of H-pyrrole nitrogens is 2. The zero-order chi connectivity index (χ0) is 19.1. The molecule has 0 aliphatic heterocycles.